The van der Waals surface area contributed by atoms with E-state index in [2.05, 4.69) is 120 Å². The fourth-order valence-corrected chi connectivity index (χ4v) is 6.36. The van der Waals surface area contributed by atoms with E-state index in [0.29, 0.717) is 0 Å². The molecule has 0 aliphatic rings. The molecule has 0 atom stereocenters. The summed E-state index contributed by atoms with van der Waals surface area (Å²) in [6, 6.07) is 42.0. The van der Waals surface area contributed by atoms with Gasteiger partial charge in [0.15, 0.2) is 0 Å². The van der Waals surface area contributed by atoms with Crippen LogP contribution < -0.4 is 21.2 Å². The van der Waals surface area contributed by atoms with Crippen LogP contribution in [0.5, 0.6) is 0 Å². The van der Waals surface area contributed by atoms with Gasteiger partial charge in [-0.05, 0) is 33.1 Å². The molecule has 0 aliphatic heterocycles. The van der Waals surface area contributed by atoms with Gasteiger partial charge in [-0.2, -0.15) is 0 Å². The third-order valence-corrected chi connectivity index (χ3v) is 8.38. The molecule has 0 fully saturated rings. The van der Waals surface area contributed by atoms with E-state index in [0.717, 1.165) is 0 Å². The summed E-state index contributed by atoms with van der Waals surface area (Å²) in [6.07, 6.45) is 0. The van der Waals surface area contributed by atoms with Gasteiger partial charge in [0.1, 0.15) is 0 Å². The fraction of sp³-hybridized carbons (Fsp3) is 0. The van der Waals surface area contributed by atoms with E-state index in [1.807, 2.05) is 24.3 Å². The van der Waals surface area contributed by atoms with Gasteiger partial charge in [0.25, 0.3) is 0 Å². The molecule has 0 N–H and O–H groups in total. The zero-order valence-electron chi connectivity index (χ0n) is 16.4. The van der Waals surface area contributed by atoms with Crippen LogP contribution in [0.25, 0.3) is 0 Å². The zero-order chi connectivity index (χ0) is 20.4. The number of rotatable bonds is 4. The first-order valence-electron chi connectivity index (χ1n) is 9.73. The molecule has 0 spiro atoms. The van der Waals surface area contributed by atoms with E-state index in [-0.39, 0.29) is 0 Å². The van der Waals surface area contributed by atoms with E-state index in [1.165, 1.54) is 21.2 Å². The summed E-state index contributed by atoms with van der Waals surface area (Å²) in [5.41, 5.74) is 6.92. The van der Waals surface area contributed by atoms with Crippen LogP contribution in [0, 0.1) is 23.2 Å². The van der Waals surface area contributed by atoms with Crippen LogP contribution in [-0.4, -0.2) is 0 Å². The van der Waals surface area contributed by atoms with Gasteiger partial charge in [-0.1, -0.05) is 133 Å². The summed E-state index contributed by atoms with van der Waals surface area (Å²) in [4.78, 5) is 0. The summed E-state index contributed by atoms with van der Waals surface area (Å²) in [7, 11) is -1.49. The largest absolute Gasteiger partial charge is 0.0622 e. The van der Waals surface area contributed by atoms with Crippen LogP contribution in [0.1, 0.15) is 0 Å². The van der Waals surface area contributed by atoms with E-state index < -0.39 is 15.8 Å². The molecule has 2 heteroatoms. The maximum absolute atomic E-state index is 3.46. The van der Waals surface area contributed by atoms with E-state index in [9.17, 15) is 0 Å². The lowest BCUT2D eigenvalue weighted by Crippen LogP contribution is -2.10. The normalized spacial score (nSPS) is 10.1. The third kappa shape index (κ3) is 5.26. The minimum Gasteiger partial charge on any atom is -0.0622 e. The molecule has 4 aromatic carbocycles. The minimum atomic E-state index is -0.747. The van der Waals surface area contributed by atoms with Gasteiger partial charge in [0, 0.05) is 15.8 Å². The monoisotopic (exact) mass is 418 g/mol. The van der Waals surface area contributed by atoms with Crippen molar-refractivity contribution in [2.75, 3.05) is 0 Å². The van der Waals surface area contributed by atoms with Gasteiger partial charge in [0.2, 0.25) is 0 Å². The molecule has 0 aliphatic carbocycles. The molecule has 142 valence electrons. The Morgan fingerprint density at radius 1 is 0.333 bits per heavy atom. The average Bonchev–Trinajstić information content (AvgIpc) is 2.84. The van der Waals surface area contributed by atoms with Crippen molar-refractivity contribution >= 4 is 37.1 Å². The predicted octanol–water partition coefficient (Wildman–Crippen LogP) is 5.17. The van der Waals surface area contributed by atoms with Gasteiger partial charge in [-0.25, -0.2) is 0 Å². The van der Waals surface area contributed by atoms with Crippen LogP contribution in [0.15, 0.2) is 121 Å². The van der Waals surface area contributed by atoms with Crippen molar-refractivity contribution in [3.05, 3.63) is 121 Å². The Morgan fingerprint density at radius 2 is 0.567 bits per heavy atom. The lowest BCUT2D eigenvalue weighted by atomic mass is 10.4. The van der Waals surface area contributed by atoms with Crippen molar-refractivity contribution in [2.24, 2.45) is 0 Å². The zero-order valence-corrected chi connectivity index (χ0v) is 18.2. The molecular weight excluding hydrogens is 398 g/mol. The number of benzene rings is 4. The van der Waals surface area contributed by atoms with Gasteiger partial charge in [-0.15, -0.1) is 0 Å². The number of hydrogen-bond donors (Lipinski definition) is 0. The molecule has 30 heavy (non-hydrogen) atoms. The Balaban J connectivity index is 1.67. The Labute approximate surface area is 181 Å². The molecule has 0 radical (unpaired) electrons. The highest BCUT2D eigenvalue weighted by atomic mass is 31.1. The first-order valence-corrected chi connectivity index (χ1v) is 12.4. The maximum atomic E-state index is 3.46. The van der Waals surface area contributed by atoms with Crippen molar-refractivity contribution in [2.45, 2.75) is 0 Å². The summed E-state index contributed by atoms with van der Waals surface area (Å²) in [5, 5.41) is 5.01. The fourth-order valence-electron chi connectivity index (χ4n) is 3.03. The maximum Gasteiger partial charge on any atom is 0.0355 e. The molecular formula is C28H20P2. The number of hydrogen-bond acceptors (Lipinski definition) is 0. The second kappa shape index (κ2) is 10.6. The van der Waals surface area contributed by atoms with Crippen molar-refractivity contribution < 1.29 is 0 Å². The standard InChI is InChI=1S/C28H20P2/c1-5-15-25(16-6-1)29(26-17-7-2-8-18-26)23-13-14-24-30(27-19-9-3-10-20-27)28-21-11-4-12-22-28/h1-12,15-22H. The second-order valence-corrected chi connectivity index (χ2v) is 10.3. The van der Waals surface area contributed by atoms with Crippen LogP contribution in [0.4, 0.5) is 0 Å². The third-order valence-electron chi connectivity index (χ3n) is 4.46. The summed E-state index contributed by atoms with van der Waals surface area (Å²) in [5.74, 6) is 6.37. The van der Waals surface area contributed by atoms with Crippen LogP contribution in [-0.2, 0) is 0 Å². The molecule has 0 amide bonds. The van der Waals surface area contributed by atoms with Crippen molar-refractivity contribution in [1.29, 1.82) is 0 Å². The molecule has 0 heterocycles. The first-order chi connectivity index (χ1) is 14.9. The van der Waals surface area contributed by atoms with Crippen LogP contribution in [0.2, 0.25) is 0 Å². The lowest BCUT2D eigenvalue weighted by molar-refractivity contribution is 1.76. The molecule has 0 nitrogen and oxygen atoms in total. The van der Waals surface area contributed by atoms with Gasteiger partial charge >= 0.3 is 0 Å². The first kappa shape index (κ1) is 20.1. The Bertz CT molecular complexity index is 1000. The molecule has 0 bridgehead atoms. The van der Waals surface area contributed by atoms with Crippen molar-refractivity contribution in [3.63, 3.8) is 0 Å². The average molecular weight is 418 g/mol. The molecule has 4 aromatic rings. The summed E-state index contributed by atoms with van der Waals surface area (Å²) < 4.78 is 0. The topological polar surface area (TPSA) is 0 Å². The quantitative estimate of drug-likeness (QED) is 0.317. The van der Waals surface area contributed by atoms with Crippen LogP contribution >= 0.6 is 15.8 Å². The summed E-state index contributed by atoms with van der Waals surface area (Å²) in [6.45, 7) is 0. The second-order valence-electron chi connectivity index (χ2n) is 6.49. The van der Waals surface area contributed by atoms with Gasteiger partial charge in [0.05, 0.1) is 0 Å². The minimum absolute atomic E-state index is 0.747. The van der Waals surface area contributed by atoms with E-state index >= 15 is 0 Å². The molecule has 0 saturated heterocycles. The Morgan fingerprint density at radius 3 is 0.800 bits per heavy atom. The van der Waals surface area contributed by atoms with Crippen LogP contribution in [0.3, 0.4) is 0 Å². The molecule has 0 aromatic heterocycles. The van der Waals surface area contributed by atoms with Crippen molar-refractivity contribution in [1.82, 2.24) is 0 Å². The van der Waals surface area contributed by atoms with Gasteiger partial charge < -0.3 is 0 Å². The van der Waals surface area contributed by atoms with E-state index in [1.54, 1.807) is 0 Å². The highest BCUT2D eigenvalue weighted by Crippen LogP contribution is 2.33. The lowest BCUT2D eigenvalue weighted by Gasteiger charge is -2.11. The molecule has 4 rings (SSSR count). The molecule has 0 unspecified atom stereocenters. The Kier molecular flexibility index (Phi) is 7.11. The SMILES string of the molecule is C(C#CP(c1ccccc1)c1ccccc1)#CP(c1ccccc1)c1ccccc1. The van der Waals surface area contributed by atoms with E-state index in [4.69, 9.17) is 0 Å². The smallest absolute Gasteiger partial charge is 0.0355 e. The molecule has 0 saturated carbocycles. The highest BCUT2D eigenvalue weighted by molar-refractivity contribution is 7.78. The highest BCUT2D eigenvalue weighted by Gasteiger charge is 2.11. The Hall–Kier alpha value is -3.14. The predicted molar refractivity (Wildman–Crippen MR) is 134 cm³/mol. The summed E-state index contributed by atoms with van der Waals surface area (Å²) >= 11 is 0. The van der Waals surface area contributed by atoms with Crippen molar-refractivity contribution in [3.8, 4) is 23.2 Å². The van der Waals surface area contributed by atoms with Gasteiger partial charge in [-0.3, -0.25) is 0 Å².